The molecule has 0 aliphatic carbocycles. The highest BCUT2D eigenvalue weighted by atomic mass is 19.3. The standard InChI is InChI=1S/C12H13F4N3O/c1-7(20)9-10(11(13)14)18-8(6-17-9)19-4-2-12(15,16)3-5-19/h6,11H,2-5H2,1H3. The van der Waals surface area contributed by atoms with Gasteiger partial charge >= 0.3 is 0 Å². The molecular weight excluding hydrogens is 278 g/mol. The Kier molecular flexibility index (Phi) is 3.92. The second-order valence-corrected chi connectivity index (χ2v) is 4.66. The van der Waals surface area contributed by atoms with Gasteiger partial charge in [-0.3, -0.25) is 4.79 Å². The van der Waals surface area contributed by atoms with E-state index in [2.05, 4.69) is 9.97 Å². The Hall–Kier alpha value is -1.73. The highest BCUT2D eigenvalue weighted by Crippen LogP contribution is 2.30. The number of anilines is 1. The minimum Gasteiger partial charge on any atom is -0.355 e. The van der Waals surface area contributed by atoms with Crippen LogP contribution >= 0.6 is 0 Å². The van der Waals surface area contributed by atoms with Crippen molar-refractivity contribution >= 4 is 11.6 Å². The number of piperidine rings is 1. The lowest BCUT2D eigenvalue weighted by Gasteiger charge is -2.32. The van der Waals surface area contributed by atoms with Gasteiger partial charge in [0.25, 0.3) is 12.3 Å². The fourth-order valence-electron chi connectivity index (χ4n) is 2.03. The maximum Gasteiger partial charge on any atom is 0.282 e. The Balaban J connectivity index is 2.26. The van der Waals surface area contributed by atoms with Gasteiger partial charge in [0.2, 0.25) is 0 Å². The largest absolute Gasteiger partial charge is 0.355 e. The summed E-state index contributed by atoms with van der Waals surface area (Å²) in [5.74, 6) is -3.24. The molecule has 1 aromatic heterocycles. The first-order chi connectivity index (χ1) is 9.30. The summed E-state index contributed by atoms with van der Waals surface area (Å²) in [4.78, 5) is 20.1. The van der Waals surface area contributed by atoms with Crippen LogP contribution in [0.25, 0.3) is 0 Å². The lowest BCUT2D eigenvalue weighted by atomic mass is 10.1. The SMILES string of the molecule is CC(=O)c1ncc(N2CCC(F)(F)CC2)nc1C(F)F. The number of carbonyl (C=O) groups is 1. The van der Waals surface area contributed by atoms with Crippen LogP contribution in [0.5, 0.6) is 0 Å². The summed E-state index contributed by atoms with van der Waals surface area (Å²) in [6.45, 7) is 1.16. The number of alkyl halides is 4. The summed E-state index contributed by atoms with van der Waals surface area (Å²) in [5, 5.41) is 0. The van der Waals surface area contributed by atoms with E-state index in [1.165, 1.54) is 11.1 Å². The fraction of sp³-hybridized carbons (Fsp3) is 0.583. The minimum absolute atomic E-state index is 0.0176. The van der Waals surface area contributed by atoms with Crippen LogP contribution < -0.4 is 4.90 Å². The summed E-state index contributed by atoms with van der Waals surface area (Å²) >= 11 is 0. The number of ketones is 1. The Morgan fingerprint density at radius 2 is 1.95 bits per heavy atom. The molecule has 2 heterocycles. The second-order valence-electron chi connectivity index (χ2n) is 4.66. The van der Waals surface area contributed by atoms with Gasteiger partial charge in [-0.2, -0.15) is 0 Å². The Labute approximate surface area is 112 Å². The molecule has 8 heteroatoms. The number of Topliss-reactive ketones (excluding diaryl/α,β-unsaturated/α-hetero) is 1. The van der Waals surface area contributed by atoms with Crippen LogP contribution in [0, 0.1) is 0 Å². The zero-order valence-electron chi connectivity index (χ0n) is 10.7. The molecule has 0 radical (unpaired) electrons. The van der Waals surface area contributed by atoms with E-state index in [1.54, 1.807) is 0 Å². The van der Waals surface area contributed by atoms with Gasteiger partial charge in [0.05, 0.1) is 6.20 Å². The maximum atomic E-state index is 13.0. The minimum atomic E-state index is -2.94. The number of carbonyl (C=O) groups excluding carboxylic acids is 1. The van der Waals surface area contributed by atoms with Gasteiger partial charge < -0.3 is 4.90 Å². The summed E-state index contributed by atoms with van der Waals surface area (Å²) in [5.41, 5.74) is -1.08. The highest BCUT2D eigenvalue weighted by Gasteiger charge is 2.35. The van der Waals surface area contributed by atoms with Crippen molar-refractivity contribution in [3.8, 4) is 0 Å². The third-order valence-electron chi connectivity index (χ3n) is 3.15. The van der Waals surface area contributed by atoms with E-state index in [0.29, 0.717) is 0 Å². The van der Waals surface area contributed by atoms with Crippen molar-refractivity contribution in [1.82, 2.24) is 9.97 Å². The van der Waals surface area contributed by atoms with E-state index >= 15 is 0 Å². The molecule has 0 saturated carbocycles. The summed E-state index contributed by atoms with van der Waals surface area (Å²) in [6, 6.07) is 0. The molecular formula is C12H13F4N3O. The van der Waals surface area contributed by atoms with Crippen LogP contribution in [0.15, 0.2) is 6.20 Å². The normalized spacial score (nSPS) is 18.4. The average molecular weight is 291 g/mol. The van der Waals surface area contributed by atoms with Gasteiger partial charge in [-0.05, 0) is 0 Å². The molecule has 20 heavy (non-hydrogen) atoms. The third kappa shape index (κ3) is 3.05. The summed E-state index contributed by atoms with van der Waals surface area (Å²) in [6.07, 6.45) is -2.47. The van der Waals surface area contributed by atoms with Gasteiger partial charge in [-0.15, -0.1) is 0 Å². The molecule has 0 spiro atoms. The van der Waals surface area contributed by atoms with E-state index in [4.69, 9.17) is 0 Å². The molecule has 1 aromatic rings. The van der Waals surface area contributed by atoms with Crippen molar-refractivity contribution in [2.24, 2.45) is 0 Å². The van der Waals surface area contributed by atoms with E-state index in [-0.39, 0.29) is 37.4 Å². The Bertz CT molecular complexity index is 511. The first-order valence-electron chi connectivity index (χ1n) is 6.09. The van der Waals surface area contributed by atoms with Crippen molar-refractivity contribution in [3.05, 3.63) is 17.6 Å². The number of hydrogen-bond acceptors (Lipinski definition) is 4. The maximum absolute atomic E-state index is 13.0. The zero-order valence-corrected chi connectivity index (χ0v) is 10.7. The monoisotopic (exact) mass is 291 g/mol. The van der Waals surface area contributed by atoms with E-state index in [9.17, 15) is 22.4 Å². The quantitative estimate of drug-likeness (QED) is 0.634. The van der Waals surface area contributed by atoms with Crippen LogP contribution in [-0.4, -0.2) is 34.8 Å². The molecule has 0 unspecified atom stereocenters. The molecule has 0 amide bonds. The molecule has 1 aliphatic heterocycles. The molecule has 0 aromatic carbocycles. The predicted molar refractivity (Wildman–Crippen MR) is 63.4 cm³/mol. The number of nitrogens with zero attached hydrogens (tertiary/aromatic N) is 3. The van der Waals surface area contributed by atoms with Crippen molar-refractivity contribution in [2.45, 2.75) is 32.1 Å². The first kappa shape index (κ1) is 14.7. The van der Waals surface area contributed by atoms with Gasteiger partial charge in [0, 0.05) is 32.9 Å². The fourth-order valence-corrected chi connectivity index (χ4v) is 2.03. The predicted octanol–water partition coefficient (Wildman–Crippen LogP) is 2.85. The van der Waals surface area contributed by atoms with Crippen LogP contribution in [0.3, 0.4) is 0 Å². The smallest absolute Gasteiger partial charge is 0.282 e. The Morgan fingerprint density at radius 1 is 1.35 bits per heavy atom. The van der Waals surface area contributed by atoms with E-state index < -0.39 is 23.8 Å². The number of halogens is 4. The van der Waals surface area contributed by atoms with Crippen LogP contribution in [0.1, 0.15) is 42.4 Å². The van der Waals surface area contributed by atoms with Gasteiger partial charge in [-0.25, -0.2) is 27.5 Å². The van der Waals surface area contributed by atoms with E-state index in [1.807, 2.05) is 0 Å². The van der Waals surface area contributed by atoms with Crippen LogP contribution in [0.2, 0.25) is 0 Å². The van der Waals surface area contributed by atoms with Crippen molar-refractivity contribution < 1.29 is 22.4 Å². The highest BCUT2D eigenvalue weighted by molar-refractivity contribution is 5.93. The molecule has 1 saturated heterocycles. The Morgan fingerprint density at radius 3 is 2.45 bits per heavy atom. The van der Waals surface area contributed by atoms with E-state index in [0.717, 1.165) is 6.92 Å². The van der Waals surface area contributed by atoms with Crippen LogP contribution in [-0.2, 0) is 0 Å². The number of aromatic nitrogens is 2. The number of hydrogen-bond donors (Lipinski definition) is 0. The third-order valence-corrected chi connectivity index (χ3v) is 3.15. The molecule has 4 nitrogen and oxygen atoms in total. The molecule has 1 fully saturated rings. The molecule has 110 valence electrons. The lowest BCUT2D eigenvalue weighted by molar-refractivity contribution is -0.0221. The number of rotatable bonds is 3. The van der Waals surface area contributed by atoms with Crippen LogP contribution in [0.4, 0.5) is 23.4 Å². The molecule has 0 bridgehead atoms. The van der Waals surface area contributed by atoms with Crippen molar-refractivity contribution in [3.63, 3.8) is 0 Å². The van der Waals surface area contributed by atoms with Gasteiger partial charge in [-0.1, -0.05) is 0 Å². The van der Waals surface area contributed by atoms with Crippen molar-refractivity contribution in [2.75, 3.05) is 18.0 Å². The van der Waals surface area contributed by atoms with Gasteiger partial charge in [0.15, 0.2) is 5.78 Å². The lowest BCUT2D eigenvalue weighted by Crippen LogP contribution is -2.40. The summed E-state index contributed by atoms with van der Waals surface area (Å²) in [7, 11) is 0. The average Bonchev–Trinajstić information content (AvgIpc) is 2.37. The molecule has 2 rings (SSSR count). The van der Waals surface area contributed by atoms with Gasteiger partial charge in [0.1, 0.15) is 17.2 Å². The zero-order chi connectivity index (χ0) is 14.9. The molecule has 1 aliphatic rings. The van der Waals surface area contributed by atoms with Crippen molar-refractivity contribution in [1.29, 1.82) is 0 Å². The first-order valence-corrected chi connectivity index (χ1v) is 6.09. The topological polar surface area (TPSA) is 46.1 Å². The second kappa shape index (κ2) is 5.34. The summed E-state index contributed by atoms with van der Waals surface area (Å²) < 4.78 is 51.8. The molecule has 0 atom stereocenters. The molecule has 0 N–H and O–H groups in total.